The van der Waals surface area contributed by atoms with Gasteiger partial charge in [0.05, 0.1) is 9.36 Å². The van der Waals surface area contributed by atoms with Crippen molar-refractivity contribution < 1.29 is 0 Å². The number of hydrogen-bond donors (Lipinski definition) is 1. The molecule has 0 aliphatic rings. The summed E-state index contributed by atoms with van der Waals surface area (Å²) in [5.74, 6) is 0.518. The quantitative estimate of drug-likeness (QED) is 0.894. The topological polar surface area (TPSA) is 38.9 Å². The third kappa shape index (κ3) is 2.62. The van der Waals surface area contributed by atoms with Crippen LogP contribution in [0.25, 0.3) is 0 Å². The van der Waals surface area contributed by atoms with E-state index in [-0.39, 0.29) is 0 Å². The molecule has 0 saturated carbocycles. The summed E-state index contributed by atoms with van der Waals surface area (Å²) >= 11 is 13.2. The van der Waals surface area contributed by atoms with E-state index < -0.39 is 0 Å². The van der Waals surface area contributed by atoms with Crippen LogP contribution in [0.3, 0.4) is 0 Å². The lowest BCUT2D eigenvalue weighted by atomic mass is 10.1. The highest BCUT2D eigenvalue weighted by Gasteiger charge is 2.05. The second-order valence-electron chi connectivity index (χ2n) is 3.08. The number of nitrogens with zero attached hydrogens (tertiary/aromatic N) is 1. The molecule has 0 amide bonds. The standard InChI is InChI=1S/C10H8Cl2N2S/c11-7-3-6(10(13)14-5-7)4-8-1-2-9(12)15-8/h1-3,5H,4H2,(H2,13,14). The van der Waals surface area contributed by atoms with Gasteiger partial charge in [-0.1, -0.05) is 23.2 Å². The van der Waals surface area contributed by atoms with Gasteiger partial charge in [-0.25, -0.2) is 4.98 Å². The monoisotopic (exact) mass is 258 g/mol. The summed E-state index contributed by atoms with van der Waals surface area (Å²) in [5, 5.41) is 0.599. The van der Waals surface area contributed by atoms with E-state index in [0.29, 0.717) is 10.8 Å². The first kappa shape index (κ1) is 10.7. The van der Waals surface area contributed by atoms with Crippen LogP contribution in [0, 0.1) is 0 Å². The van der Waals surface area contributed by atoms with Crippen molar-refractivity contribution in [3.63, 3.8) is 0 Å². The molecular formula is C10H8Cl2N2S. The molecular weight excluding hydrogens is 251 g/mol. The molecule has 0 radical (unpaired) electrons. The van der Waals surface area contributed by atoms with Crippen LogP contribution in [0.1, 0.15) is 10.4 Å². The zero-order chi connectivity index (χ0) is 10.8. The fourth-order valence-corrected chi connectivity index (χ4v) is 2.56. The molecule has 0 atom stereocenters. The third-order valence-electron chi connectivity index (χ3n) is 1.96. The Labute approximate surface area is 102 Å². The smallest absolute Gasteiger partial charge is 0.126 e. The normalized spacial score (nSPS) is 10.5. The zero-order valence-corrected chi connectivity index (χ0v) is 10.0. The van der Waals surface area contributed by atoms with E-state index in [1.54, 1.807) is 6.20 Å². The maximum Gasteiger partial charge on any atom is 0.126 e. The minimum atomic E-state index is 0.518. The lowest BCUT2D eigenvalue weighted by Gasteiger charge is -2.03. The van der Waals surface area contributed by atoms with Crippen molar-refractivity contribution in [3.8, 4) is 0 Å². The highest BCUT2D eigenvalue weighted by molar-refractivity contribution is 7.16. The Morgan fingerprint density at radius 1 is 1.33 bits per heavy atom. The van der Waals surface area contributed by atoms with Crippen LogP contribution in [-0.2, 0) is 6.42 Å². The van der Waals surface area contributed by atoms with Crippen LogP contribution in [-0.4, -0.2) is 4.98 Å². The number of thiophene rings is 1. The fraction of sp³-hybridized carbons (Fsp3) is 0.100. The van der Waals surface area contributed by atoms with E-state index in [4.69, 9.17) is 28.9 Å². The molecule has 0 spiro atoms. The van der Waals surface area contributed by atoms with Crippen LogP contribution < -0.4 is 5.73 Å². The average Bonchev–Trinajstić information content (AvgIpc) is 2.58. The molecule has 0 unspecified atom stereocenters. The van der Waals surface area contributed by atoms with Gasteiger partial charge in [0.2, 0.25) is 0 Å². The van der Waals surface area contributed by atoms with E-state index in [1.165, 1.54) is 11.3 Å². The van der Waals surface area contributed by atoms with Crippen molar-refractivity contribution in [1.82, 2.24) is 4.98 Å². The van der Waals surface area contributed by atoms with Gasteiger partial charge in [-0.2, -0.15) is 0 Å². The Hall–Kier alpha value is -0.770. The largest absolute Gasteiger partial charge is 0.383 e. The van der Waals surface area contributed by atoms with Crippen LogP contribution in [0.15, 0.2) is 24.4 Å². The summed E-state index contributed by atoms with van der Waals surface area (Å²) in [6.45, 7) is 0. The first-order valence-electron chi connectivity index (χ1n) is 4.29. The van der Waals surface area contributed by atoms with Gasteiger partial charge in [0.15, 0.2) is 0 Å². The number of nitrogens with two attached hydrogens (primary N) is 1. The highest BCUT2D eigenvalue weighted by atomic mass is 35.5. The molecule has 0 aliphatic heterocycles. The van der Waals surface area contributed by atoms with E-state index >= 15 is 0 Å². The van der Waals surface area contributed by atoms with Gasteiger partial charge in [-0.3, -0.25) is 0 Å². The second-order valence-corrected chi connectivity index (χ2v) is 5.32. The average molecular weight is 259 g/mol. The van der Waals surface area contributed by atoms with Gasteiger partial charge in [-0.05, 0) is 18.2 Å². The predicted octanol–water partition coefficient (Wildman–Crippen LogP) is 3.62. The summed E-state index contributed by atoms with van der Waals surface area (Å²) in [6, 6.07) is 5.68. The molecule has 0 saturated heterocycles. The van der Waals surface area contributed by atoms with Crippen molar-refractivity contribution in [3.05, 3.63) is 44.2 Å². The number of rotatable bonds is 2. The second kappa shape index (κ2) is 4.39. The van der Waals surface area contributed by atoms with Crippen molar-refractivity contribution in [1.29, 1.82) is 0 Å². The molecule has 2 aromatic heterocycles. The van der Waals surface area contributed by atoms with E-state index in [1.807, 2.05) is 18.2 Å². The van der Waals surface area contributed by atoms with Gasteiger partial charge in [0, 0.05) is 23.1 Å². The number of anilines is 1. The Morgan fingerprint density at radius 2 is 2.13 bits per heavy atom. The van der Waals surface area contributed by atoms with Gasteiger partial charge < -0.3 is 5.73 Å². The lowest BCUT2D eigenvalue weighted by Crippen LogP contribution is -1.97. The Balaban J connectivity index is 2.27. The molecule has 2 rings (SSSR count). The maximum absolute atomic E-state index is 5.85. The number of aromatic nitrogens is 1. The molecule has 2 N–H and O–H groups in total. The molecule has 0 aromatic carbocycles. The van der Waals surface area contributed by atoms with Crippen molar-refractivity contribution in [2.75, 3.05) is 5.73 Å². The summed E-state index contributed by atoms with van der Waals surface area (Å²) in [5.41, 5.74) is 6.68. The molecule has 0 aliphatic carbocycles. The fourth-order valence-electron chi connectivity index (χ4n) is 1.27. The van der Waals surface area contributed by atoms with Gasteiger partial charge in [-0.15, -0.1) is 11.3 Å². The Kier molecular flexibility index (Phi) is 3.14. The Morgan fingerprint density at radius 3 is 2.80 bits per heavy atom. The third-order valence-corrected chi connectivity index (χ3v) is 3.40. The number of hydrogen-bond acceptors (Lipinski definition) is 3. The highest BCUT2D eigenvalue weighted by Crippen LogP contribution is 2.26. The van der Waals surface area contributed by atoms with Crippen LogP contribution in [0.4, 0.5) is 5.82 Å². The zero-order valence-electron chi connectivity index (χ0n) is 7.71. The van der Waals surface area contributed by atoms with Crippen molar-refractivity contribution >= 4 is 40.4 Å². The molecule has 2 heterocycles. The van der Waals surface area contributed by atoms with Gasteiger partial charge in [0.25, 0.3) is 0 Å². The molecule has 78 valence electrons. The lowest BCUT2D eigenvalue weighted by molar-refractivity contribution is 1.18. The minimum absolute atomic E-state index is 0.518. The van der Waals surface area contributed by atoms with Crippen molar-refractivity contribution in [2.24, 2.45) is 0 Å². The Bertz CT molecular complexity index is 482. The maximum atomic E-state index is 5.85. The molecule has 0 fully saturated rings. The number of halogens is 2. The van der Waals surface area contributed by atoms with Gasteiger partial charge in [0.1, 0.15) is 5.82 Å². The number of nitrogen functional groups attached to an aromatic ring is 1. The van der Waals surface area contributed by atoms with E-state index in [9.17, 15) is 0 Å². The first-order valence-corrected chi connectivity index (χ1v) is 5.86. The van der Waals surface area contributed by atoms with Crippen LogP contribution >= 0.6 is 34.5 Å². The molecule has 2 aromatic rings. The van der Waals surface area contributed by atoms with Crippen molar-refractivity contribution in [2.45, 2.75) is 6.42 Å². The molecule has 15 heavy (non-hydrogen) atoms. The summed E-state index contributed by atoms with van der Waals surface area (Å²) in [7, 11) is 0. The summed E-state index contributed by atoms with van der Waals surface area (Å²) in [4.78, 5) is 5.15. The van der Waals surface area contributed by atoms with E-state index in [2.05, 4.69) is 4.98 Å². The molecule has 2 nitrogen and oxygen atoms in total. The van der Waals surface area contributed by atoms with Crippen LogP contribution in [0.5, 0.6) is 0 Å². The molecule has 0 bridgehead atoms. The summed E-state index contributed by atoms with van der Waals surface area (Å²) < 4.78 is 0.776. The van der Waals surface area contributed by atoms with Gasteiger partial charge >= 0.3 is 0 Å². The van der Waals surface area contributed by atoms with E-state index in [0.717, 1.165) is 21.2 Å². The first-order chi connectivity index (χ1) is 7.15. The predicted molar refractivity (Wildman–Crippen MR) is 65.8 cm³/mol. The molecule has 5 heteroatoms. The summed E-state index contributed by atoms with van der Waals surface area (Å²) in [6.07, 6.45) is 2.26. The number of pyridine rings is 1. The minimum Gasteiger partial charge on any atom is -0.383 e. The van der Waals surface area contributed by atoms with Crippen LogP contribution in [0.2, 0.25) is 9.36 Å². The SMILES string of the molecule is Nc1ncc(Cl)cc1Cc1ccc(Cl)s1.